The van der Waals surface area contributed by atoms with Gasteiger partial charge in [-0.1, -0.05) is 40.9 Å². The first-order valence-electron chi connectivity index (χ1n) is 10.0. The van der Waals surface area contributed by atoms with E-state index < -0.39 is 6.10 Å². The van der Waals surface area contributed by atoms with Gasteiger partial charge in [0, 0.05) is 34.8 Å². The molecule has 4 N–H and O–H groups in total. The van der Waals surface area contributed by atoms with Gasteiger partial charge in [-0.25, -0.2) is 0 Å². The molecule has 1 fully saturated rings. The summed E-state index contributed by atoms with van der Waals surface area (Å²) >= 11 is 18.2. The number of methoxy groups -OCH3 is 1. The summed E-state index contributed by atoms with van der Waals surface area (Å²) < 4.78 is 5.25. The number of nitrogens with two attached hydrogens (primary N) is 1. The van der Waals surface area contributed by atoms with Gasteiger partial charge in [-0.2, -0.15) is 0 Å². The molecule has 2 aromatic carbocycles. The maximum atomic E-state index is 12.6. The Morgan fingerprint density at radius 3 is 2.58 bits per heavy atom. The summed E-state index contributed by atoms with van der Waals surface area (Å²) in [5.74, 6) is 0.504. The topological polar surface area (TPSA) is 87.8 Å². The molecule has 168 valence electrons. The molecule has 1 aliphatic rings. The maximum Gasteiger partial charge on any atom is 0.255 e. The molecule has 1 unspecified atom stereocenters. The van der Waals surface area contributed by atoms with Crippen LogP contribution in [0.4, 0.5) is 5.69 Å². The summed E-state index contributed by atoms with van der Waals surface area (Å²) in [6.45, 7) is 2.73. The minimum Gasteiger partial charge on any atom is -0.496 e. The molecule has 2 aromatic rings. The number of ether oxygens (including phenoxy) is 1. The van der Waals surface area contributed by atoms with Crippen LogP contribution < -0.4 is 15.8 Å². The Morgan fingerprint density at radius 1 is 1.23 bits per heavy atom. The molecule has 0 bridgehead atoms. The van der Waals surface area contributed by atoms with Crippen LogP contribution >= 0.6 is 34.8 Å². The average Bonchev–Trinajstić information content (AvgIpc) is 2.74. The molecule has 1 amide bonds. The Morgan fingerprint density at radius 2 is 1.94 bits per heavy atom. The lowest BCUT2D eigenvalue weighted by Crippen LogP contribution is -2.40. The number of rotatable bonds is 7. The minimum atomic E-state index is -0.677. The molecule has 9 heteroatoms. The number of carbonyl (C=O) groups is 1. The van der Waals surface area contributed by atoms with E-state index in [9.17, 15) is 9.90 Å². The van der Waals surface area contributed by atoms with Gasteiger partial charge in [-0.3, -0.25) is 4.79 Å². The molecule has 0 aromatic heterocycles. The van der Waals surface area contributed by atoms with E-state index in [0.29, 0.717) is 56.6 Å². The van der Waals surface area contributed by atoms with Gasteiger partial charge in [-0.15, -0.1) is 0 Å². The highest BCUT2D eigenvalue weighted by Gasteiger charge is 2.23. The quantitative estimate of drug-likeness (QED) is 0.505. The van der Waals surface area contributed by atoms with Crippen molar-refractivity contribution >= 4 is 46.4 Å². The van der Waals surface area contributed by atoms with Crippen LogP contribution in [0.3, 0.4) is 0 Å². The Hall–Kier alpha value is -1.70. The number of likely N-dealkylation sites (tertiary alicyclic amines) is 1. The molecule has 1 heterocycles. The van der Waals surface area contributed by atoms with Gasteiger partial charge in [0.25, 0.3) is 5.91 Å². The zero-order chi connectivity index (χ0) is 22.5. The van der Waals surface area contributed by atoms with Crippen LogP contribution in [0.25, 0.3) is 0 Å². The molecule has 1 atom stereocenters. The van der Waals surface area contributed by atoms with Crippen molar-refractivity contribution in [2.75, 3.05) is 39.0 Å². The average molecular weight is 487 g/mol. The van der Waals surface area contributed by atoms with Crippen molar-refractivity contribution in [3.63, 3.8) is 0 Å². The number of aliphatic hydroxyl groups excluding tert-OH is 1. The van der Waals surface area contributed by atoms with E-state index in [1.54, 1.807) is 24.3 Å². The molecule has 0 spiro atoms. The zero-order valence-electron chi connectivity index (χ0n) is 17.2. The van der Waals surface area contributed by atoms with Crippen molar-refractivity contribution in [1.29, 1.82) is 0 Å². The summed E-state index contributed by atoms with van der Waals surface area (Å²) in [6.07, 6.45) is 1.16. The number of piperidine rings is 1. The number of benzene rings is 2. The Kier molecular flexibility index (Phi) is 8.30. The van der Waals surface area contributed by atoms with Crippen molar-refractivity contribution in [3.8, 4) is 5.75 Å². The molecular formula is C22H26Cl3N3O3. The summed E-state index contributed by atoms with van der Waals surface area (Å²) in [5.41, 5.74) is 7.18. The molecule has 0 aliphatic carbocycles. The van der Waals surface area contributed by atoms with Gasteiger partial charge in [-0.05, 0) is 50.0 Å². The van der Waals surface area contributed by atoms with E-state index in [-0.39, 0.29) is 5.91 Å². The molecule has 3 rings (SSSR count). The van der Waals surface area contributed by atoms with Crippen LogP contribution in [0.2, 0.25) is 15.1 Å². The van der Waals surface area contributed by atoms with Crippen LogP contribution in [-0.4, -0.2) is 49.2 Å². The number of hydrogen-bond donors (Lipinski definition) is 3. The number of nitrogens with one attached hydrogen (secondary N) is 1. The van der Waals surface area contributed by atoms with Gasteiger partial charge in [0.15, 0.2) is 0 Å². The van der Waals surface area contributed by atoms with E-state index in [1.165, 1.54) is 13.2 Å². The number of nitrogens with zero attached hydrogens (tertiary/aromatic N) is 1. The third-order valence-electron chi connectivity index (χ3n) is 5.57. The van der Waals surface area contributed by atoms with E-state index >= 15 is 0 Å². The maximum absolute atomic E-state index is 12.6. The largest absolute Gasteiger partial charge is 0.496 e. The first-order chi connectivity index (χ1) is 14.8. The Balaban J connectivity index is 1.48. The highest BCUT2D eigenvalue weighted by atomic mass is 35.5. The predicted octanol–water partition coefficient (Wildman–Crippen LogP) is 4.41. The number of β-amino-alcohol motifs (C(OH)–C–C–N with tert-alkyl or cyclic N) is 1. The highest BCUT2D eigenvalue weighted by Crippen LogP contribution is 2.30. The molecule has 1 aliphatic heterocycles. The van der Waals surface area contributed by atoms with Crippen molar-refractivity contribution in [3.05, 3.63) is 56.5 Å². The fraction of sp³-hybridized carbons (Fsp3) is 0.409. The lowest BCUT2D eigenvalue weighted by atomic mass is 9.96. The normalized spacial score (nSPS) is 16.2. The van der Waals surface area contributed by atoms with Gasteiger partial charge >= 0.3 is 0 Å². The number of carbonyl (C=O) groups excluding carboxylic acids is 1. The van der Waals surface area contributed by atoms with E-state index in [0.717, 1.165) is 25.9 Å². The van der Waals surface area contributed by atoms with Crippen molar-refractivity contribution in [2.45, 2.75) is 18.9 Å². The summed E-state index contributed by atoms with van der Waals surface area (Å²) in [6, 6.07) is 8.20. The molecule has 0 saturated carbocycles. The first-order valence-corrected chi connectivity index (χ1v) is 11.2. The fourth-order valence-corrected chi connectivity index (χ4v) is 4.43. The van der Waals surface area contributed by atoms with Gasteiger partial charge in [0.2, 0.25) is 0 Å². The molecule has 31 heavy (non-hydrogen) atoms. The van der Waals surface area contributed by atoms with Gasteiger partial charge < -0.3 is 25.8 Å². The molecule has 1 saturated heterocycles. The third kappa shape index (κ3) is 6.18. The molecule has 0 radical (unpaired) electrons. The number of amides is 1. The van der Waals surface area contributed by atoms with Crippen LogP contribution in [-0.2, 0) is 0 Å². The van der Waals surface area contributed by atoms with Gasteiger partial charge in [0.05, 0.1) is 29.5 Å². The van der Waals surface area contributed by atoms with Crippen LogP contribution in [0.5, 0.6) is 5.75 Å². The summed E-state index contributed by atoms with van der Waals surface area (Å²) in [4.78, 5) is 14.8. The molecular weight excluding hydrogens is 461 g/mol. The predicted molar refractivity (Wildman–Crippen MR) is 125 cm³/mol. The number of anilines is 1. The second kappa shape index (κ2) is 10.7. The van der Waals surface area contributed by atoms with E-state index in [4.69, 9.17) is 45.3 Å². The van der Waals surface area contributed by atoms with Gasteiger partial charge in [0.1, 0.15) is 5.75 Å². The first kappa shape index (κ1) is 24.0. The number of aliphatic hydroxyl groups is 1. The Bertz CT molecular complexity index is 934. The van der Waals surface area contributed by atoms with Crippen molar-refractivity contribution < 1.29 is 14.6 Å². The fourth-order valence-electron chi connectivity index (χ4n) is 3.74. The second-order valence-electron chi connectivity index (χ2n) is 7.71. The number of hydrogen-bond acceptors (Lipinski definition) is 5. The Labute approximate surface area is 197 Å². The summed E-state index contributed by atoms with van der Waals surface area (Å²) in [5, 5.41) is 14.8. The second-order valence-corrected chi connectivity index (χ2v) is 8.96. The SMILES string of the molecule is COc1cc(N)c(Cl)cc1C(=O)NCC1CCN(CC(O)c2ccc(Cl)cc2Cl)CC1. The monoisotopic (exact) mass is 485 g/mol. The zero-order valence-corrected chi connectivity index (χ0v) is 19.5. The standard InChI is InChI=1S/C22H26Cl3N3O3/c1-31-21-10-19(26)18(25)9-16(21)22(30)27-11-13-4-6-28(7-5-13)12-20(29)15-3-2-14(23)8-17(15)24/h2-3,8-10,13,20,29H,4-7,11-12,26H2,1H3,(H,27,30). The minimum absolute atomic E-state index is 0.242. The van der Waals surface area contributed by atoms with E-state index in [1.807, 2.05) is 0 Å². The smallest absolute Gasteiger partial charge is 0.255 e. The summed E-state index contributed by atoms with van der Waals surface area (Å²) in [7, 11) is 1.49. The highest BCUT2D eigenvalue weighted by molar-refractivity contribution is 6.35. The number of halogens is 3. The molecule has 6 nitrogen and oxygen atoms in total. The third-order valence-corrected chi connectivity index (χ3v) is 6.46. The van der Waals surface area contributed by atoms with Crippen LogP contribution in [0.15, 0.2) is 30.3 Å². The van der Waals surface area contributed by atoms with Crippen LogP contribution in [0.1, 0.15) is 34.9 Å². The van der Waals surface area contributed by atoms with Crippen molar-refractivity contribution in [1.82, 2.24) is 10.2 Å². The lowest BCUT2D eigenvalue weighted by molar-refractivity contribution is 0.0851. The lowest BCUT2D eigenvalue weighted by Gasteiger charge is -2.33. The van der Waals surface area contributed by atoms with Crippen LogP contribution in [0, 0.1) is 5.92 Å². The number of nitrogen functional groups attached to an aromatic ring is 1. The van der Waals surface area contributed by atoms with Crippen molar-refractivity contribution in [2.24, 2.45) is 5.92 Å². The van der Waals surface area contributed by atoms with E-state index in [2.05, 4.69) is 10.2 Å².